The van der Waals surface area contributed by atoms with E-state index in [2.05, 4.69) is 15.6 Å². The molecule has 0 fully saturated rings. The van der Waals surface area contributed by atoms with E-state index in [1.54, 1.807) is 6.07 Å². The number of anilines is 2. The molecule has 0 aliphatic carbocycles. The summed E-state index contributed by atoms with van der Waals surface area (Å²) in [6.07, 6.45) is 0. The van der Waals surface area contributed by atoms with Gasteiger partial charge in [0.25, 0.3) is 0 Å². The van der Waals surface area contributed by atoms with Crippen molar-refractivity contribution in [2.75, 3.05) is 17.7 Å². The number of rotatable bonds is 4. The molecule has 0 aliphatic rings. The summed E-state index contributed by atoms with van der Waals surface area (Å²) in [4.78, 5) is 4.81. The molecule has 0 amide bonds. The highest BCUT2D eigenvalue weighted by atomic mass is 35.5. The second-order valence-electron chi connectivity index (χ2n) is 3.91. The van der Waals surface area contributed by atoms with Crippen LogP contribution in [0.2, 0.25) is 4.34 Å². The molecule has 2 heterocycles. The zero-order chi connectivity index (χ0) is 14.0. The van der Waals surface area contributed by atoms with Gasteiger partial charge >= 0.3 is 0 Å². The number of pyridine rings is 1. The van der Waals surface area contributed by atoms with Gasteiger partial charge in [-0.05, 0) is 19.1 Å². The molecule has 0 aliphatic heterocycles. The van der Waals surface area contributed by atoms with E-state index >= 15 is 0 Å². The van der Waals surface area contributed by atoms with Crippen LogP contribution in [0.15, 0.2) is 18.2 Å². The molecule has 7 heteroatoms. The van der Waals surface area contributed by atoms with Gasteiger partial charge < -0.3 is 10.6 Å². The molecule has 102 valence electrons. The average Bonchev–Trinajstić information content (AvgIpc) is 2.79. The zero-order valence-electron chi connectivity index (χ0n) is 10.3. The summed E-state index contributed by atoms with van der Waals surface area (Å²) in [7, 11) is 1.52. The molecule has 2 aromatic heterocycles. The Morgan fingerprint density at radius 3 is 2.53 bits per heavy atom. The largest absolute Gasteiger partial charge is 0.371 e. The van der Waals surface area contributed by atoms with Gasteiger partial charge in [0.2, 0.25) is 0 Å². The molecule has 0 bridgehead atoms. The normalized spacial score (nSPS) is 12.3. The van der Waals surface area contributed by atoms with Gasteiger partial charge in [-0.25, -0.2) is 13.8 Å². The molecule has 3 nitrogen and oxygen atoms in total. The quantitative estimate of drug-likeness (QED) is 0.884. The number of hydrogen-bond donors (Lipinski definition) is 2. The Labute approximate surface area is 118 Å². The molecule has 2 N–H and O–H groups in total. The molecule has 2 rings (SSSR count). The number of hydrogen-bond acceptors (Lipinski definition) is 4. The van der Waals surface area contributed by atoms with Crippen LogP contribution in [0, 0.1) is 11.6 Å². The molecule has 0 saturated heterocycles. The molecule has 0 radical (unpaired) electrons. The zero-order valence-corrected chi connectivity index (χ0v) is 11.9. The van der Waals surface area contributed by atoms with Gasteiger partial charge in [-0.1, -0.05) is 11.6 Å². The third-order valence-corrected chi connectivity index (χ3v) is 3.95. The van der Waals surface area contributed by atoms with Crippen LogP contribution < -0.4 is 10.6 Å². The van der Waals surface area contributed by atoms with E-state index in [1.165, 1.54) is 18.4 Å². The number of aromatic nitrogens is 1. The minimum atomic E-state index is -0.731. The summed E-state index contributed by atoms with van der Waals surface area (Å²) in [5.74, 6) is -1.45. The first-order chi connectivity index (χ1) is 9.01. The minimum absolute atomic E-state index is 0.000289. The highest BCUT2D eigenvalue weighted by molar-refractivity contribution is 7.16. The Balaban J connectivity index is 2.23. The summed E-state index contributed by atoms with van der Waals surface area (Å²) in [6.45, 7) is 1.85. The van der Waals surface area contributed by atoms with E-state index in [4.69, 9.17) is 11.6 Å². The van der Waals surface area contributed by atoms with Crippen molar-refractivity contribution in [1.29, 1.82) is 0 Å². The lowest BCUT2D eigenvalue weighted by Crippen LogP contribution is -2.10. The van der Waals surface area contributed by atoms with Crippen LogP contribution in [-0.4, -0.2) is 12.0 Å². The van der Waals surface area contributed by atoms with E-state index in [0.717, 1.165) is 10.9 Å². The summed E-state index contributed by atoms with van der Waals surface area (Å²) < 4.78 is 27.6. The second kappa shape index (κ2) is 5.71. The highest BCUT2D eigenvalue weighted by Crippen LogP contribution is 2.29. The van der Waals surface area contributed by atoms with Gasteiger partial charge in [0.1, 0.15) is 0 Å². The smallest absolute Gasteiger partial charge is 0.168 e. The number of halogens is 3. The van der Waals surface area contributed by atoms with Crippen molar-refractivity contribution in [2.45, 2.75) is 13.0 Å². The molecular formula is C12H12ClF2N3S. The SMILES string of the molecule is CNc1nc(NC(C)c2ccc(Cl)s2)c(F)cc1F. The van der Waals surface area contributed by atoms with E-state index in [0.29, 0.717) is 4.34 Å². The Morgan fingerprint density at radius 2 is 1.95 bits per heavy atom. The van der Waals surface area contributed by atoms with Gasteiger partial charge in [0, 0.05) is 18.0 Å². The first-order valence-electron chi connectivity index (χ1n) is 5.57. The van der Waals surface area contributed by atoms with Crippen LogP contribution in [0.4, 0.5) is 20.4 Å². The molecule has 1 unspecified atom stereocenters. The fourth-order valence-electron chi connectivity index (χ4n) is 1.58. The van der Waals surface area contributed by atoms with Crippen LogP contribution in [0.25, 0.3) is 0 Å². The van der Waals surface area contributed by atoms with E-state index in [9.17, 15) is 8.78 Å². The third-order valence-electron chi connectivity index (χ3n) is 2.54. The van der Waals surface area contributed by atoms with Crippen molar-refractivity contribution in [2.24, 2.45) is 0 Å². The van der Waals surface area contributed by atoms with Crippen LogP contribution in [0.5, 0.6) is 0 Å². The number of thiophene rings is 1. The van der Waals surface area contributed by atoms with Crippen molar-refractivity contribution in [3.8, 4) is 0 Å². The fraction of sp³-hybridized carbons (Fsp3) is 0.250. The summed E-state index contributed by atoms with van der Waals surface area (Å²) in [5, 5.41) is 5.47. The second-order valence-corrected chi connectivity index (χ2v) is 5.65. The maximum Gasteiger partial charge on any atom is 0.168 e. The van der Waals surface area contributed by atoms with Crippen LogP contribution >= 0.6 is 22.9 Å². The summed E-state index contributed by atoms with van der Waals surface area (Å²) in [6, 6.07) is 4.25. The maximum absolute atomic E-state index is 13.6. The van der Waals surface area contributed by atoms with Gasteiger partial charge in [-0.3, -0.25) is 0 Å². The predicted molar refractivity (Wildman–Crippen MR) is 75.1 cm³/mol. The highest BCUT2D eigenvalue weighted by Gasteiger charge is 2.15. The van der Waals surface area contributed by atoms with Crippen molar-refractivity contribution < 1.29 is 8.78 Å². The van der Waals surface area contributed by atoms with E-state index in [-0.39, 0.29) is 17.7 Å². The standard InChI is InChI=1S/C12H12ClF2N3S/c1-6(9-3-4-10(13)19-9)17-12-8(15)5-7(14)11(16-2)18-12/h3-6H,1-2H3,(H2,16,17,18). The lowest BCUT2D eigenvalue weighted by Gasteiger charge is -2.14. The van der Waals surface area contributed by atoms with Gasteiger partial charge in [0.15, 0.2) is 23.3 Å². The summed E-state index contributed by atoms with van der Waals surface area (Å²) >= 11 is 7.25. The van der Waals surface area contributed by atoms with Gasteiger partial charge in [-0.2, -0.15) is 0 Å². The monoisotopic (exact) mass is 303 g/mol. The molecule has 19 heavy (non-hydrogen) atoms. The lowest BCUT2D eigenvalue weighted by atomic mass is 10.2. The van der Waals surface area contributed by atoms with Gasteiger partial charge in [-0.15, -0.1) is 11.3 Å². The Morgan fingerprint density at radius 1 is 1.26 bits per heavy atom. The topological polar surface area (TPSA) is 37.0 Å². The molecule has 0 spiro atoms. The van der Waals surface area contributed by atoms with Crippen LogP contribution in [0.3, 0.4) is 0 Å². The lowest BCUT2D eigenvalue weighted by molar-refractivity contribution is 0.577. The fourth-order valence-corrected chi connectivity index (χ4v) is 2.64. The third kappa shape index (κ3) is 3.13. The molecule has 0 aromatic carbocycles. The molecule has 2 aromatic rings. The van der Waals surface area contributed by atoms with Crippen molar-refractivity contribution in [3.05, 3.63) is 39.0 Å². The van der Waals surface area contributed by atoms with Crippen LogP contribution in [-0.2, 0) is 0 Å². The van der Waals surface area contributed by atoms with Crippen molar-refractivity contribution >= 4 is 34.6 Å². The number of nitrogens with one attached hydrogen (secondary N) is 2. The van der Waals surface area contributed by atoms with Crippen molar-refractivity contribution in [3.63, 3.8) is 0 Å². The Hall–Kier alpha value is -1.40. The Kier molecular flexibility index (Phi) is 4.21. The van der Waals surface area contributed by atoms with Crippen LogP contribution in [0.1, 0.15) is 17.8 Å². The first-order valence-corrected chi connectivity index (χ1v) is 6.76. The van der Waals surface area contributed by atoms with Crippen molar-refractivity contribution in [1.82, 2.24) is 4.98 Å². The van der Waals surface area contributed by atoms with Gasteiger partial charge in [0.05, 0.1) is 10.4 Å². The molecule has 0 saturated carbocycles. The predicted octanol–water partition coefficient (Wildman–Crippen LogP) is 4.29. The summed E-state index contributed by atoms with van der Waals surface area (Å²) in [5.41, 5.74) is 0. The number of nitrogens with zero attached hydrogens (tertiary/aromatic N) is 1. The van der Waals surface area contributed by atoms with E-state index < -0.39 is 11.6 Å². The first kappa shape index (κ1) is 14.0. The molecule has 1 atom stereocenters. The maximum atomic E-state index is 13.6. The minimum Gasteiger partial charge on any atom is -0.371 e. The van der Waals surface area contributed by atoms with E-state index in [1.807, 2.05) is 13.0 Å². The Bertz CT molecular complexity index is 588. The average molecular weight is 304 g/mol. The molecular weight excluding hydrogens is 292 g/mol.